The van der Waals surface area contributed by atoms with E-state index in [1.165, 1.54) is 25.7 Å². The number of piperidine rings is 2. The zero-order valence-electron chi connectivity index (χ0n) is 19.3. The first-order valence-corrected chi connectivity index (χ1v) is 12.4. The van der Waals surface area contributed by atoms with Crippen molar-refractivity contribution in [2.24, 2.45) is 5.92 Å². The van der Waals surface area contributed by atoms with E-state index in [1.54, 1.807) is 6.92 Å². The molecule has 1 aliphatic carbocycles. The highest BCUT2D eigenvalue weighted by Crippen LogP contribution is 2.32. The molecule has 2 saturated heterocycles. The van der Waals surface area contributed by atoms with Gasteiger partial charge in [-0.15, -0.1) is 0 Å². The predicted molar refractivity (Wildman–Crippen MR) is 124 cm³/mol. The summed E-state index contributed by atoms with van der Waals surface area (Å²) < 4.78 is 0. The summed E-state index contributed by atoms with van der Waals surface area (Å²) in [6.45, 7) is 7.95. The molecule has 2 heterocycles. The van der Waals surface area contributed by atoms with Crippen LogP contribution in [0.15, 0.2) is 30.3 Å². The number of likely N-dealkylation sites (tertiary alicyclic amines) is 2. The highest BCUT2D eigenvalue weighted by Gasteiger charge is 2.37. The van der Waals surface area contributed by atoms with Crippen LogP contribution in [0.1, 0.15) is 75.6 Å². The van der Waals surface area contributed by atoms with E-state index in [4.69, 9.17) is 0 Å². The topological polar surface area (TPSA) is 43.9 Å². The lowest BCUT2D eigenvalue weighted by Crippen LogP contribution is -2.55. The molecule has 4 rings (SSSR count). The molecule has 5 heteroatoms. The summed E-state index contributed by atoms with van der Waals surface area (Å²) >= 11 is 0. The molecule has 1 aromatic rings. The summed E-state index contributed by atoms with van der Waals surface area (Å²) in [6, 6.07) is 11.1. The van der Waals surface area contributed by atoms with Crippen LogP contribution >= 0.6 is 0 Å². The van der Waals surface area contributed by atoms with Gasteiger partial charge in [0, 0.05) is 56.8 Å². The van der Waals surface area contributed by atoms with Crippen molar-refractivity contribution < 1.29 is 9.59 Å². The van der Waals surface area contributed by atoms with Crippen LogP contribution in [0, 0.1) is 5.92 Å². The van der Waals surface area contributed by atoms with Crippen molar-refractivity contribution in [3.63, 3.8) is 0 Å². The van der Waals surface area contributed by atoms with Crippen LogP contribution in [0.2, 0.25) is 0 Å². The van der Waals surface area contributed by atoms with Crippen molar-refractivity contribution >= 4 is 11.8 Å². The zero-order valence-corrected chi connectivity index (χ0v) is 19.3. The highest BCUT2D eigenvalue weighted by atomic mass is 16.2. The molecule has 0 spiro atoms. The van der Waals surface area contributed by atoms with E-state index in [-0.39, 0.29) is 11.8 Å². The van der Waals surface area contributed by atoms with Gasteiger partial charge in [-0.25, -0.2) is 0 Å². The van der Waals surface area contributed by atoms with Crippen molar-refractivity contribution in [2.45, 2.75) is 83.3 Å². The van der Waals surface area contributed by atoms with Gasteiger partial charge in [-0.1, -0.05) is 38.0 Å². The quantitative estimate of drug-likeness (QED) is 0.727. The average Bonchev–Trinajstić information content (AvgIpc) is 2.81. The first-order chi connectivity index (χ1) is 15.0. The van der Waals surface area contributed by atoms with E-state index >= 15 is 0 Å². The Labute approximate surface area is 187 Å². The molecule has 2 atom stereocenters. The van der Waals surface area contributed by atoms with Crippen LogP contribution in [0.5, 0.6) is 0 Å². The smallest absolute Gasteiger partial charge is 0.253 e. The minimum atomic E-state index is 0.163. The SMILES string of the molecule is CC(=O)N(C1CCN(C2CCN(C(=O)c3ccccc3)CC2)CC1)[C@@H]1CCCC[C@H]1C. The molecule has 5 nitrogen and oxygen atoms in total. The van der Waals surface area contributed by atoms with Gasteiger partial charge in [0.1, 0.15) is 0 Å². The fourth-order valence-corrected chi connectivity index (χ4v) is 6.20. The first kappa shape index (κ1) is 22.3. The molecule has 0 bridgehead atoms. The fourth-order valence-electron chi connectivity index (χ4n) is 6.20. The van der Waals surface area contributed by atoms with Crippen LogP contribution in [0.4, 0.5) is 0 Å². The maximum absolute atomic E-state index is 12.7. The summed E-state index contributed by atoms with van der Waals surface area (Å²) in [5.41, 5.74) is 0.794. The maximum atomic E-state index is 12.7. The lowest BCUT2D eigenvalue weighted by atomic mass is 9.83. The average molecular weight is 426 g/mol. The maximum Gasteiger partial charge on any atom is 0.253 e. The normalized spacial score (nSPS) is 26.6. The Balaban J connectivity index is 1.28. The molecule has 170 valence electrons. The monoisotopic (exact) mass is 425 g/mol. The lowest BCUT2D eigenvalue weighted by Gasteiger charge is -2.47. The molecule has 1 saturated carbocycles. The van der Waals surface area contributed by atoms with Crippen LogP contribution < -0.4 is 0 Å². The molecule has 0 unspecified atom stereocenters. The van der Waals surface area contributed by atoms with Crippen LogP contribution in [-0.2, 0) is 4.79 Å². The number of carbonyl (C=O) groups excluding carboxylic acids is 2. The molecule has 1 aromatic carbocycles. The summed E-state index contributed by atoms with van der Waals surface area (Å²) in [4.78, 5) is 32.2. The second kappa shape index (κ2) is 10.2. The van der Waals surface area contributed by atoms with Crippen LogP contribution in [0.25, 0.3) is 0 Å². The van der Waals surface area contributed by atoms with E-state index in [0.717, 1.165) is 57.4 Å². The third-order valence-corrected chi connectivity index (χ3v) is 7.97. The lowest BCUT2D eigenvalue weighted by molar-refractivity contribution is -0.137. The Bertz CT molecular complexity index is 736. The molecule has 0 aromatic heterocycles. The molecular weight excluding hydrogens is 386 g/mol. The molecule has 3 aliphatic rings. The third-order valence-electron chi connectivity index (χ3n) is 7.97. The Morgan fingerprint density at radius 3 is 2.13 bits per heavy atom. The summed E-state index contributed by atoms with van der Waals surface area (Å²) in [5.74, 6) is 1.06. The second-order valence-electron chi connectivity index (χ2n) is 9.91. The Morgan fingerprint density at radius 2 is 1.52 bits per heavy atom. The highest BCUT2D eigenvalue weighted by molar-refractivity contribution is 5.94. The molecule has 31 heavy (non-hydrogen) atoms. The van der Waals surface area contributed by atoms with E-state index in [9.17, 15) is 9.59 Å². The Hall–Kier alpha value is -1.88. The number of hydrogen-bond donors (Lipinski definition) is 0. The van der Waals surface area contributed by atoms with Crippen molar-refractivity contribution in [1.82, 2.24) is 14.7 Å². The number of carbonyl (C=O) groups is 2. The summed E-state index contributed by atoms with van der Waals surface area (Å²) in [5, 5.41) is 0. The van der Waals surface area contributed by atoms with Gasteiger partial charge < -0.3 is 14.7 Å². The van der Waals surface area contributed by atoms with Crippen molar-refractivity contribution in [3.8, 4) is 0 Å². The van der Waals surface area contributed by atoms with Crippen LogP contribution in [0.3, 0.4) is 0 Å². The molecule has 0 radical (unpaired) electrons. The number of amides is 2. The number of hydrogen-bond acceptors (Lipinski definition) is 3. The van der Waals surface area contributed by atoms with Gasteiger partial charge in [-0.2, -0.15) is 0 Å². The predicted octanol–water partition coefficient (Wildman–Crippen LogP) is 4.18. The zero-order chi connectivity index (χ0) is 21.8. The van der Waals surface area contributed by atoms with Gasteiger partial charge in [0.15, 0.2) is 0 Å². The van der Waals surface area contributed by atoms with E-state index in [1.807, 2.05) is 35.2 Å². The van der Waals surface area contributed by atoms with Crippen molar-refractivity contribution in [3.05, 3.63) is 35.9 Å². The van der Waals surface area contributed by atoms with Gasteiger partial charge in [0.25, 0.3) is 5.91 Å². The third kappa shape index (κ3) is 5.14. The fraction of sp³-hybridized carbons (Fsp3) is 0.692. The minimum Gasteiger partial charge on any atom is -0.339 e. The van der Waals surface area contributed by atoms with Gasteiger partial charge in [-0.3, -0.25) is 9.59 Å². The molecule has 0 N–H and O–H groups in total. The largest absolute Gasteiger partial charge is 0.339 e. The number of rotatable bonds is 4. The number of benzene rings is 1. The van der Waals surface area contributed by atoms with Crippen molar-refractivity contribution in [1.29, 1.82) is 0 Å². The summed E-state index contributed by atoms with van der Waals surface area (Å²) in [6.07, 6.45) is 9.30. The standard InChI is InChI=1S/C26H39N3O2/c1-20-8-6-7-11-25(20)29(21(2)30)24-14-16-27(17-15-24)23-12-18-28(19-13-23)26(31)22-9-4-3-5-10-22/h3-5,9-10,20,23-25H,6-8,11-19H2,1-2H3/t20-,25-/m1/s1. The molecular formula is C26H39N3O2. The first-order valence-electron chi connectivity index (χ1n) is 12.4. The van der Waals surface area contributed by atoms with Crippen molar-refractivity contribution in [2.75, 3.05) is 26.2 Å². The van der Waals surface area contributed by atoms with Gasteiger partial charge in [0.05, 0.1) is 0 Å². The summed E-state index contributed by atoms with van der Waals surface area (Å²) in [7, 11) is 0. The van der Waals surface area contributed by atoms with E-state index in [0.29, 0.717) is 24.0 Å². The Kier molecular flexibility index (Phi) is 7.31. The second-order valence-corrected chi connectivity index (χ2v) is 9.91. The van der Waals surface area contributed by atoms with E-state index in [2.05, 4.69) is 16.7 Å². The van der Waals surface area contributed by atoms with E-state index < -0.39 is 0 Å². The van der Waals surface area contributed by atoms with Gasteiger partial charge in [-0.05, 0) is 56.6 Å². The number of nitrogens with zero attached hydrogens (tertiary/aromatic N) is 3. The molecule has 2 aliphatic heterocycles. The van der Waals surface area contributed by atoms with Gasteiger partial charge in [0.2, 0.25) is 5.91 Å². The minimum absolute atomic E-state index is 0.163. The molecule has 2 amide bonds. The van der Waals surface area contributed by atoms with Crippen LogP contribution in [-0.4, -0.2) is 70.8 Å². The molecule has 3 fully saturated rings. The van der Waals surface area contributed by atoms with Gasteiger partial charge >= 0.3 is 0 Å². The Morgan fingerprint density at radius 1 is 0.871 bits per heavy atom.